The molecule has 20 heavy (non-hydrogen) atoms. The summed E-state index contributed by atoms with van der Waals surface area (Å²) in [5, 5.41) is 0. The summed E-state index contributed by atoms with van der Waals surface area (Å²) in [6.07, 6.45) is 0. The van der Waals surface area contributed by atoms with E-state index in [1.807, 2.05) is 24.3 Å². The monoisotopic (exact) mass is 287 g/mol. The lowest BCUT2D eigenvalue weighted by Gasteiger charge is -2.02. The molecule has 0 radical (unpaired) electrons. The number of benzene rings is 2. The van der Waals surface area contributed by atoms with E-state index in [1.54, 1.807) is 31.2 Å². The summed E-state index contributed by atoms with van der Waals surface area (Å²) in [6, 6.07) is 14.1. The molecular formula is C15H13NO3S. The second-order valence-corrected chi connectivity index (χ2v) is 6.70. The van der Waals surface area contributed by atoms with Crippen LogP contribution >= 0.6 is 0 Å². The Balaban J connectivity index is 2.13. The quantitative estimate of drug-likeness (QED) is 0.741. The molecule has 3 aromatic rings. The molecule has 4 nitrogen and oxygen atoms in total. The van der Waals surface area contributed by atoms with Crippen molar-refractivity contribution in [3.05, 3.63) is 48.5 Å². The Bertz CT molecular complexity index is 832. The highest BCUT2D eigenvalue weighted by atomic mass is 32.2. The molecule has 0 saturated heterocycles. The van der Waals surface area contributed by atoms with Gasteiger partial charge in [-0.3, -0.25) is 0 Å². The zero-order valence-electron chi connectivity index (χ0n) is 10.9. The van der Waals surface area contributed by atoms with Crippen LogP contribution in [0.25, 0.3) is 22.6 Å². The van der Waals surface area contributed by atoms with Crippen LogP contribution in [0.1, 0.15) is 6.92 Å². The van der Waals surface area contributed by atoms with E-state index in [2.05, 4.69) is 4.98 Å². The molecule has 1 aromatic heterocycles. The minimum atomic E-state index is -3.23. The Morgan fingerprint density at radius 1 is 1.10 bits per heavy atom. The summed E-state index contributed by atoms with van der Waals surface area (Å²) in [7, 11) is -3.23. The lowest BCUT2D eigenvalue weighted by molar-refractivity contribution is 0.597. The third-order valence-corrected chi connectivity index (χ3v) is 4.85. The lowest BCUT2D eigenvalue weighted by Crippen LogP contribution is -2.03. The average molecular weight is 287 g/mol. The van der Waals surface area contributed by atoms with Gasteiger partial charge in [0.1, 0.15) is 5.52 Å². The van der Waals surface area contributed by atoms with Gasteiger partial charge < -0.3 is 4.42 Å². The molecule has 0 bridgehead atoms. The number of hydrogen-bond donors (Lipinski definition) is 0. The second kappa shape index (κ2) is 4.76. The van der Waals surface area contributed by atoms with Gasteiger partial charge in [0.25, 0.3) is 0 Å². The fourth-order valence-electron chi connectivity index (χ4n) is 1.98. The van der Waals surface area contributed by atoms with Gasteiger partial charge in [-0.05, 0) is 30.3 Å². The third-order valence-electron chi connectivity index (χ3n) is 3.11. The topological polar surface area (TPSA) is 60.2 Å². The average Bonchev–Trinajstić information content (AvgIpc) is 2.91. The first-order valence-electron chi connectivity index (χ1n) is 6.29. The minimum Gasteiger partial charge on any atom is -0.436 e. The maximum atomic E-state index is 11.9. The Kier molecular flexibility index (Phi) is 3.06. The lowest BCUT2D eigenvalue weighted by atomic mass is 10.2. The van der Waals surface area contributed by atoms with Gasteiger partial charge in [-0.1, -0.05) is 25.1 Å². The third kappa shape index (κ3) is 2.20. The van der Waals surface area contributed by atoms with Gasteiger partial charge in [0, 0.05) is 5.56 Å². The number of oxazole rings is 1. The molecule has 3 rings (SSSR count). The molecule has 0 atom stereocenters. The Hall–Kier alpha value is -2.14. The van der Waals surface area contributed by atoms with E-state index in [1.165, 1.54) is 0 Å². The van der Waals surface area contributed by atoms with Crippen LogP contribution in [0.15, 0.2) is 57.8 Å². The zero-order chi connectivity index (χ0) is 14.2. The molecular weight excluding hydrogens is 274 g/mol. The van der Waals surface area contributed by atoms with Crippen LogP contribution in [0, 0.1) is 0 Å². The van der Waals surface area contributed by atoms with Crippen molar-refractivity contribution in [1.29, 1.82) is 0 Å². The first-order valence-corrected chi connectivity index (χ1v) is 7.94. The number of aromatic nitrogens is 1. The van der Waals surface area contributed by atoms with E-state index < -0.39 is 9.84 Å². The Labute approximate surface area is 117 Å². The molecule has 0 N–H and O–H groups in total. The molecule has 0 amide bonds. The van der Waals surface area contributed by atoms with Crippen molar-refractivity contribution in [2.24, 2.45) is 0 Å². The van der Waals surface area contributed by atoms with Crippen LogP contribution in [-0.4, -0.2) is 19.2 Å². The smallest absolute Gasteiger partial charge is 0.227 e. The number of hydrogen-bond acceptors (Lipinski definition) is 4. The molecule has 0 unspecified atom stereocenters. The number of fused-ring (bicyclic) bond motifs is 1. The molecule has 0 aliphatic heterocycles. The summed E-state index contributed by atoms with van der Waals surface area (Å²) in [5.41, 5.74) is 2.10. The normalized spacial score (nSPS) is 11.8. The van der Waals surface area contributed by atoms with Gasteiger partial charge in [-0.25, -0.2) is 13.4 Å². The largest absolute Gasteiger partial charge is 0.436 e. The summed E-state index contributed by atoms with van der Waals surface area (Å²) < 4.78 is 29.5. The molecule has 2 aromatic carbocycles. The molecule has 1 heterocycles. The van der Waals surface area contributed by atoms with Crippen molar-refractivity contribution in [2.45, 2.75) is 11.8 Å². The van der Waals surface area contributed by atoms with E-state index in [0.29, 0.717) is 21.9 Å². The van der Waals surface area contributed by atoms with Crippen molar-refractivity contribution in [2.75, 3.05) is 5.75 Å². The van der Waals surface area contributed by atoms with Crippen LogP contribution in [-0.2, 0) is 9.84 Å². The fourth-order valence-corrected chi connectivity index (χ4v) is 2.91. The number of para-hydroxylation sites is 2. The van der Waals surface area contributed by atoms with Crippen LogP contribution in [0.3, 0.4) is 0 Å². The van der Waals surface area contributed by atoms with Gasteiger partial charge in [-0.2, -0.15) is 0 Å². The van der Waals surface area contributed by atoms with Crippen LogP contribution in [0.2, 0.25) is 0 Å². The standard InChI is InChI=1S/C15H13NO3S/c1-2-20(17,18)12-7-5-6-11(10-12)15-16-13-8-3-4-9-14(13)19-15/h3-10H,2H2,1H3. The predicted octanol–water partition coefficient (Wildman–Crippen LogP) is 3.29. The van der Waals surface area contributed by atoms with Crippen LogP contribution < -0.4 is 0 Å². The molecule has 0 aliphatic carbocycles. The number of rotatable bonds is 3. The van der Waals surface area contributed by atoms with Crippen LogP contribution in [0.5, 0.6) is 0 Å². The maximum absolute atomic E-state index is 11.9. The minimum absolute atomic E-state index is 0.0734. The van der Waals surface area contributed by atoms with Crippen LogP contribution in [0.4, 0.5) is 0 Å². The summed E-state index contributed by atoms with van der Waals surface area (Å²) in [4.78, 5) is 4.66. The molecule has 5 heteroatoms. The highest BCUT2D eigenvalue weighted by Crippen LogP contribution is 2.26. The van der Waals surface area contributed by atoms with E-state index in [9.17, 15) is 8.42 Å². The summed E-state index contributed by atoms with van der Waals surface area (Å²) >= 11 is 0. The molecule has 0 saturated carbocycles. The SMILES string of the molecule is CCS(=O)(=O)c1cccc(-c2nc3ccccc3o2)c1. The van der Waals surface area contributed by atoms with Crippen molar-refractivity contribution in [1.82, 2.24) is 4.98 Å². The van der Waals surface area contributed by atoms with E-state index in [0.717, 1.165) is 5.52 Å². The van der Waals surface area contributed by atoms with Crippen molar-refractivity contribution in [3.63, 3.8) is 0 Å². The van der Waals surface area contributed by atoms with Gasteiger partial charge in [0.2, 0.25) is 5.89 Å². The molecule has 0 fully saturated rings. The van der Waals surface area contributed by atoms with Gasteiger partial charge in [0.05, 0.1) is 10.6 Å². The van der Waals surface area contributed by atoms with E-state index in [-0.39, 0.29) is 5.75 Å². The maximum Gasteiger partial charge on any atom is 0.227 e. The van der Waals surface area contributed by atoms with E-state index in [4.69, 9.17) is 4.42 Å². The number of nitrogens with zero attached hydrogens (tertiary/aromatic N) is 1. The van der Waals surface area contributed by atoms with Gasteiger partial charge >= 0.3 is 0 Å². The Morgan fingerprint density at radius 2 is 1.90 bits per heavy atom. The van der Waals surface area contributed by atoms with Crippen molar-refractivity contribution in [3.8, 4) is 11.5 Å². The summed E-state index contributed by atoms with van der Waals surface area (Å²) in [5.74, 6) is 0.503. The van der Waals surface area contributed by atoms with Crippen molar-refractivity contribution >= 4 is 20.9 Å². The first-order chi connectivity index (χ1) is 9.60. The first kappa shape index (κ1) is 12.9. The highest BCUT2D eigenvalue weighted by molar-refractivity contribution is 7.91. The molecule has 0 spiro atoms. The zero-order valence-corrected chi connectivity index (χ0v) is 11.7. The molecule has 0 aliphatic rings. The van der Waals surface area contributed by atoms with Gasteiger partial charge in [-0.15, -0.1) is 0 Å². The van der Waals surface area contributed by atoms with Crippen molar-refractivity contribution < 1.29 is 12.8 Å². The summed E-state index contributed by atoms with van der Waals surface area (Å²) in [6.45, 7) is 1.63. The fraction of sp³-hybridized carbons (Fsp3) is 0.133. The predicted molar refractivity (Wildman–Crippen MR) is 77.2 cm³/mol. The Morgan fingerprint density at radius 3 is 2.65 bits per heavy atom. The highest BCUT2D eigenvalue weighted by Gasteiger charge is 2.14. The molecule has 102 valence electrons. The second-order valence-electron chi connectivity index (χ2n) is 4.42. The van der Waals surface area contributed by atoms with Gasteiger partial charge in [0.15, 0.2) is 15.4 Å². The number of sulfone groups is 1. The van der Waals surface area contributed by atoms with E-state index >= 15 is 0 Å².